The van der Waals surface area contributed by atoms with Crippen LogP contribution in [0, 0.1) is 12.8 Å². The summed E-state index contributed by atoms with van der Waals surface area (Å²) in [6, 6.07) is 4.27. The Labute approximate surface area is 160 Å². The van der Waals surface area contributed by atoms with Crippen molar-refractivity contribution in [1.29, 1.82) is 0 Å². The molecule has 0 aromatic heterocycles. The van der Waals surface area contributed by atoms with E-state index in [1.165, 1.54) is 0 Å². The summed E-state index contributed by atoms with van der Waals surface area (Å²) >= 11 is 0. The minimum atomic E-state index is -3.31. The third-order valence-corrected chi connectivity index (χ3v) is 7.15. The molecule has 148 valence electrons. The van der Waals surface area contributed by atoms with Gasteiger partial charge in [-0.1, -0.05) is 19.9 Å². The van der Waals surface area contributed by atoms with Gasteiger partial charge in [-0.3, -0.25) is 9.59 Å². The average Bonchev–Trinajstić information content (AvgIpc) is 2.94. The SMILES string of the molecule is COc1cccc(C(=O)N2CCN(C(=O)C(C)C)[C@@H]3CS(=O)(=O)C[C@@H]32)c1C. The Hall–Kier alpha value is -2.09. The van der Waals surface area contributed by atoms with Crippen LogP contribution in [0.25, 0.3) is 0 Å². The largest absolute Gasteiger partial charge is 0.496 e. The van der Waals surface area contributed by atoms with Crippen LogP contribution in [0.3, 0.4) is 0 Å². The highest BCUT2D eigenvalue weighted by atomic mass is 32.2. The van der Waals surface area contributed by atoms with Gasteiger partial charge in [0.05, 0.1) is 30.7 Å². The summed E-state index contributed by atoms with van der Waals surface area (Å²) in [7, 11) is -1.76. The van der Waals surface area contributed by atoms with Gasteiger partial charge in [0.15, 0.2) is 9.84 Å². The monoisotopic (exact) mass is 394 g/mol. The molecule has 1 aromatic rings. The van der Waals surface area contributed by atoms with E-state index in [1.54, 1.807) is 49.0 Å². The standard InChI is InChI=1S/C19H26N2O5S/c1-12(2)18(22)20-8-9-21(16-11-27(24,25)10-15(16)20)19(23)14-6-5-7-17(26-4)13(14)3/h5-7,12,15-16H,8-11H2,1-4H3/t15-,16+/m1/s1. The fourth-order valence-corrected chi connectivity index (χ4v) is 6.01. The Morgan fingerprint density at radius 3 is 2.30 bits per heavy atom. The minimum Gasteiger partial charge on any atom is -0.496 e. The van der Waals surface area contributed by atoms with Crippen molar-refractivity contribution in [2.45, 2.75) is 32.9 Å². The van der Waals surface area contributed by atoms with E-state index in [-0.39, 0.29) is 29.2 Å². The molecule has 2 aliphatic rings. The Bertz CT molecular complexity index is 865. The van der Waals surface area contributed by atoms with E-state index in [0.29, 0.717) is 24.4 Å². The van der Waals surface area contributed by atoms with E-state index < -0.39 is 21.9 Å². The zero-order chi connectivity index (χ0) is 19.9. The number of methoxy groups -OCH3 is 1. The maximum absolute atomic E-state index is 13.2. The van der Waals surface area contributed by atoms with E-state index in [2.05, 4.69) is 0 Å². The number of rotatable bonds is 3. The summed E-state index contributed by atoms with van der Waals surface area (Å²) in [5.41, 5.74) is 1.23. The first kappa shape index (κ1) is 19.7. The third kappa shape index (κ3) is 3.54. The van der Waals surface area contributed by atoms with Crippen LogP contribution < -0.4 is 4.74 Å². The van der Waals surface area contributed by atoms with E-state index >= 15 is 0 Å². The molecule has 3 rings (SSSR count). The molecule has 8 heteroatoms. The molecule has 2 atom stereocenters. The summed E-state index contributed by atoms with van der Waals surface area (Å²) in [5.74, 6) is -0.0607. The zero-order valence-corrected chi connectivity index (χ0v) is 17.0. The van der Waals surface area contributed by atoms with Crippen LogP contribution in [0.5, 0.6) is 5.75 Å². The van der Waals surface area contributed by atoms with Crippen molar-refractivity contribution in [2.75, 3.05) is 31.7 Å². The number of hydrogen-bond acceptors (Lipinski definition) is 5. The second-order valence-corrected chi connectivity index (χ2v) is 9.68. The quantitative estimate of drug-likeness (QED) is 0.767. The van der Waals surface area contributed by atoms with E-state index in [0.717, 1.165) is 5.56 Å². The lowest BCUT2D eigenvalue weighted by molar-refractivity contribution is -0.139. The Balaban J connectivity index is 1.94. The molecule has 2 heterocycles. The normalized spacial score (nSPS) is 24.0. The highest BCUT2D eigenvalue weighted by Crippen LogP contribution is 2.31. The van der Waals surface area contributed by atoms with Crippen LogP contribution in [0.15, 0.2) is 18.2 Å². The maximum atomic E-state index is 13.2. The number of piperazine rings is 1. The summed E-state index contributed by atoms with van der Waals surface area (Å²) in [6.07, 6.45) is 0. The summed E-state index contributed by atoms with van der Waals surface area (Å²) < 4.78 is 29.9. The number of amides is 2. The van der Waals surface area contributed by atoms with E-state index in [4.69, 9.17) is 4.74 Å². The predicted molar refractivity (Wildman–Crippen MR) is 102 cm³/mol. The van der Waals surface area contributed by atoms with Gasteiger partial charge in [-0.2, -0.15) is 0 Å². The van der Waals surface area contributed by atoms with Crippen molar-refractivity contribution in [2.24, 2.45) is 5.92 Å². The van der Waals surface area contributed by atoms with Gasteiger partial charge in [-0.25, -0.2) is 8.42 Å². The zero-order valence-electron chi connectivity index (χ0n) is 16.1. The minimum absolute atomic E-state index is 0.0632. The molecule has 0 bridgehead atoms. The van der Waals surface area contributed by atoms with E-state index in [9.17, 15) is 18.0 Å². The number of fused-ring (bicyclic) bond motifs is 1. The number of sulfone groups is 1. The molecule has 0 N–H and O–H groups in total. The molecule has 2 aliphatic heterocycles. The van der Waals surface area contributed by atoms with Gasteiger partial charge in [0, 0.05) is 30.1 Å². The van der Waals surface area contributed by atoms with Gasteiger partial charge in [0.1, 0.15) is 5.75 Å². The Morgan fingerprint density at radius 1 is 1.11 bits per heavy atom. The van der Waals surface area contributed by atoms with Gasteiger partial charge in [-0.15, -0.1) is 0 Å². The molecule has 7 nitrogen and oxygen atoms in total. The van der Waals surface area contributed by atoms with Crippen molar-refractivity contribution >= 4 is 21.7 Å². The first-order valence-electron chi connectivity index (χ1n) is 9.11. The van der Waals surface area contributed by atoms with Crippen molar-refractivity contribution in [3.8, 4) is 5.75 Å². The predicted octanol–water partition coefficient (Wildman–Crippen LogP) is 1.11. The second-order valence-electron chi connectivity index (χ2n) is 7.53. The van der Waals surface area contributed by atoms with Crippen LogP contribution in [-0.4, -0.2) is 73.8 Å². The average molecular weight is 394 g/mol. The van der Waals surface area contributed by atoms with Gasteiger partial charge in [0.2, 0.25) is 5.91 Å². The number of nitrogens with zero attached hydrogens (tertiary/aromatic N) is 2. The lowest BCUT2D eigenvalue weighted by Crippen LogP contribution is -2.62. The van der Waals surface area contributed by atoms with Crippen molar-refractivity contribution in [3.05, 3.63) is 29.3 Å². The Kier molecular flexibility index (Phi) is 5.20. The molecule has 27 heavy (non-hydrogen) atoms. The second kappa shape index (κ2) is 7.14. The molecular weight excluding hydrogens is 368 g/mol. The van der Waals surface area contributed by atoms with Crippen molar-refractivity contribution in [3.63, 3.8) is 0 Å². The Morgan fingerprint density at radius 2 is 1.70 bits per heavy atom. The maximum Gasteiger partial charge on any atom is 0.254 e. The van der Waals surface area contributed by atoms with Crippen LogP contribution >= 0.6 is 0 Å². The smallest absolute Gasteiger partial charge is 0.254 e. The molecule has 2 saturated heterocycles. The highest BCUT2D eigenvalue weighted by Gasteiger charge is 2.49. The first-order valence-corrected chi connectivity index (χ1v) is 10.9. The van der Waals surface area contributed by atoms with Crippen molar-refractivity contribution in [1.82, 2.24) is 9.80 Å². The lowest BCUT2D eigenvalue weighted by Gasteiger charge is -2.44. The number of carbonyl (C=O) groups excluding carboxylic acids is 2. The summed E-state index contributed by atoms with van der Waals surface area (Å²) in [5, 5.41) is 0. The van der Waals surface area contributed by atoms with Crippen LogP contribution in [0.4, 0.5) is 0 Å². The van der Waals surface area contributed by atoms with Crippen LogP contribution in [-0.2, 0) is 14.6 Å². The molecule has 0 saturated carbocycles. The fraction of sp³-hybridized carbons (Fsp3) is 0.579. The molecular formula is C19H26N2O5S. The summed E-state index contributed by atoms with van der Waals surface area (Å²) in [6.45, 7) is 6.09. The van der Waals surface area contributed by atoms with Crippen molar-refractivity contribution < 1.29 is 22.7 Å². The fourth-order valence-electron chi connectivity index (χ4n) is 4.03. The van der Waals surface area contributed by atoms with Crippen LogP contribution in [0.1, 0.15) is 29.8 Å². The molecule has 1 aromatic carbocycles. The molecule has 2 fully saturated rings. The number of hydrogen-bond donors (Lipinski definition) is 0. The van der Waals surface area contributed by atoms with Gasteiger partial charge in [-0.05, 0) is 19.1 Å². The topological polar surface area (TPSA) is 84.0 Å². The first-order chi connectivity index (χ1) is 12.7. The molecule has 0 spiro atoms. The van der Waals surface area contributed by atoms with Gasteiger partial charge in [0.25, 0.3) is 5.91 Å². The molecule has 2 amide bonds. The molecule has 0 radical (unpaired) electrons. The third-order valence-electron chi connectivity index (χ3n) is 5.45. The highest BCUT2D eigenvalue weighted by molar-refractivity contribution is 7.91. The van der Waals surface area contributed by atoms with Crippen LogP contribution in [0.2, 0.25) is 0 Å². The lowest BCUT2D eigenvalue weighted by atomic mass is 9.99. The molecule has 0 unspecified atom stereocenters. The van der Waals surface area contributed by atoms with Gasteiger partial charge < -0.3 is 14.5 Å². The number of carbonyl (C=O) groups is 2. The number of benzene rings is 1. The number of ether oxygens (including phenoxy) is 1. The summed E-state index contributed by atoms with van der Waals surface area (Å²) in [4.78, 5) is 29.1. The van der Waals surface area contributed by atoms with E-state index in [1.807, 2.05) is 6.92 Å². The molecule has 0 aliphatic carbocycles. The van der Waals surface area contributed by atoms with Gasteiger partial charge >= 0.3 is 0 Å².